The van der Waals surface area contributed by atoms with Crippen LogP contribution in [0.1, 0.15) is 29.6 Å². The summed E-state index contributed by atoms with van der Waals surface area (Å²) in [7, 11) is 1.89. The van der Waals surface area contributed by atoms with E-state index in [2.05, 4.69) is 0 Å². The fourth-order valence-corrected chi connectivity index (χ4v) is 1.94. The van der Waals surface area contributed by atoms with Crippen LogP contribution in [0.2, 0.25) is 0 Å². The lowest BCUT2D eigenvalue weighted by Gasteiger charge is -2.34. The maximum absolute atomic E-state index is 13.0. The Morgan fingerprint density at radius 2 is 2.06 bits per heavy atom. The lowest BCUT2D eigenvalue weighted by Crippen LogP contribution is -2.40. The third kappa shape index (κ3) is 2.69. The molecule has 1 aromatic carbocycles. The molecule has 1 saturated carbocycles. The van der Waals surface area contributed by atoms with Crippen molar-refractivity contribution in [2.45, 2.75) is 25.3 Å². The molecule has 0 radical (unpaired) electrons. The highest BCUT2D eigenvalue weighted by atomic mass is 19.2. The van der Waals surface area contributed by atoms with Crippen LogP contribution in [-0.2, 0) is 0 Å². The molecule has 0 heterocycles. The Labute approximate surface area is 99.2 Å². The number of ketones is 1. The molecule has 0 aliphatic heterocycles. The molecule has 0 atom stereocenters. The van der Waals surface area contributed by atoms with Crippen LogP contribution in [0.3, 0.4) is 0 Å². The summed E-state index contributed by atoms with van der Waals surface area (Å²) in [6.45, 7) is 0.260. The van der Waals surface area contributed by atoms with Crippen molar-refractivity contribution in [3.05, 3.63) is 35.4 Å². The molecule has 1 aliphatic rings. The number of hydrogen-bond acceptors (Lipinski definition) is 2. The van der Waals surface area contributed by atoms with Crippen molar-refractivity contribution in [3.63, 3.8) is 0 Å². The van der Waals surface area contributed by atoms with E-state index in [1.807, 2.05) is 11.9 Å². The summed E-state index contributed by atoms with van der Waals surface area (Å²) in [5.74, 6) is -2.06. The topological polar surface area (TPSA) is 20.3 Å². The van der Waals surface area contributed by atoms with Crippen molar-refractivity contribution in [1.29, 1.82) is 0 Å². The van der Waals surface area contributed by atoms with Crippen molar-refractivity contribution in [3.8, 4) is 0 Å². The van der Waals surface area contributed by atoms with Gasteiger partial charge in [0.1, 0.15) is 0 Å². The van der Waals surface area contributed by atoms with E-state index in [0.717, 1.165) is 25.0 Å². The van der Waals surface area contributed by atoms with E-state index >= 15 is 0 Å². The van der Waals surface area contributed by atoms with Crippen LogP contribution >= 0.6 is 0 Å². The Bertz CT molecular complexity index is 429. The molecular weight excluding hydrogens is 224 g/mol. The molecule has 0 unspecified atom stereocenters. The van der Waals surface area contributed by atoms with Crippen LogP contribution in [-0.4, -0.2) is 30.3 Å². The molecule has 0 bridgehead atoms. The van der Waals surface area contributed by atoms with E-state index in [1.165, 1.54) is 12.5 Å². The molecule has 92 valence electrons. The number of carbonyl (C=O) groups is 1. The van der Waals surface area contributed by atoms with Crippen LogP contribution in [0.4, 0.5) is 8.78 Å². The summed E-state index contributed by atoms with van der Waals surface area (Å²) in [5.41, 5.74) is 0.232. The second-order valence-electron chi connectivity index (χ2n) is 4.55. The van der Waals surface area contributed by atoms with E-state index in [-0.39, 0.29) is 17.9 Å². The number of halogens is 2. The Morgan fingerprint density at radius 3 is 2.59 bits per heavy atom. The minimum atomic E-state index is -0.970. The molecule has 17 heavy (non-hydrogen) atoms. The van der Waals surface area contributed by atoms with Crippen LogP contribution in [0, 0.1) is 11.6 Å². The smallest absolute Gasteiger partial charge is 0.176 e. The highest BCUT2D eigenvalue weighted by Gasteiger charge is 2.23. The van der Waals surface area contributed by atoms with Gasteiger partial charge >= 0.3 is 0 Å². The molecule has 1 aromatic rings. The minimum Gasteiger partial charge on any atom is -0.296 e. The Kier molecular flexibility index (Phi) is 3.52. The zero-order valence-electron chi connectivity index (χ0n) is 9.75. The highest BCUT2D eigenvalue weighted by molar-refractivity contribution is 5.97. The zero-order valence-corrected chi connectivity index (χ0v) is 9.75. The number of likely N-dealkylation sites (N-methyl/N-ethyl adjacent to an activating group) is 1. The summed E-state index contributed by atoms with van der Waals surface area (Å²) in [5, 5.41) is 0. The fourth-order valence-electron chi connectivity index (χ4n) is 1.94. The van der Waals surface area contributed by atoms with Gasteiger partial charge in [0.25, 0.3) is 0 Å². The molecule has 1 fully saturated rings. The van der Waals surface area contributed by atoms with Gasteiger partial charge in [-0.05, 0) is 38.1 Å². The molecule has 0 saturated heterocycles. The van der Waals surface area contributed by atoms with Gasteiger partial charge in [0, 0.05) is 11.6 Å². The first-order valence-electron chi connectivity index (χ1n) is 5.76. The number of benzene rings is 1. The first-order valence-corrected chi connectivity index (χ1v) is 5.76. The van der Waals surface area contributed by atoms with Crippen molar-refractivity contribution in [1.82, 2.24) is 4.90 Å². The second-order valence-corrected chi connectivity index (χ2v) is 4.55. The first kappa shape index (κ1) is 12.2. The van der Waals surface area contributed by atoms with Gasteiger partial charge in [0.2, 0.25) is 0 Å². The van der Waals surface area contributed by atoms with E-state index < -0.39 is 11.6 Å². The van der Waals surface area contributed by atoms with E-state index in [4.69, 9.17) is 0 Å². The van der Waals surface area contributed by atoms with Gasteiger partial charge in [-0.1, -0.05) is 6.42 Å². The standard InChI is InChI=1S/C13H15F2NO/c1-16(10-3-2-4-10)8-13(17)9-5-6-11(14)12(15)7-9/h5-7,10H,2-4,8H2,1H3. The summed E-state index contributed by atoms with van der Waals surface area (Å²) < 4.78 is 25.7. The SMILES string of the molecule is CN(CC(=O)c1ccc(F)c(F)c1)C1CCC1. The summed E-state index contributed by atoms with van der Waals surface area (Å²) in [6, 6.07) is 3.75. The second kappa shape index (κ2) is 4.92. The quantitative estimate of drug-likeness (QED) is 0.753. The Morgan fingerprint density at radius 1 is 1.35 bits per heavy atom. The van der Waals surface area contributed by atoms with Gasteiger partial charge in [-0.2, -0.15) is 0 Å². The van der Waals surface area contributed by atoms with E-state index in [9.17, 15) is 13.6 Å². The van der Waals surface area contributed by atoms with Crippen LogP contribution < -0.4 is 0 Å². The predicted octanol–water partition coefficient (Wildman–Crippen LogP) is 2.63. The third-order valence-electron chi connectivity index (χ3n) is 3.33. The highest BCUT2D eigenvalue weighted by Crippen LogP contribution is 2.23. The monoisotopic (exact) mass is 239 g/mol. The normalized spacial score (nSPS) is 16.0. The van der Waals surface area contributed by atoms with Crippen molar-refractivity contribution in [2.75, 3.05) is 13.6 Å². The van der Waals surface area contributed by atoms with Crippen molar-refractivity contribution in [2.24, 2.45) is 0 Å². The molecule has 0 spiro atoms. The van der Waals surface area contributed by atoms with Crippen LogP contribution in [0.5, 0.6) is 0 Å². The van der Waals surface area contributed by atoms with Crippen LogP contribution in [0.15, 0.2) is 18.2 Å². The van der Waals surface area contributed by atoms with Gasteiger partial charge in [-0.3, -0.25) is 9.69 Å². The van der Waals surface area contributed by atoms with Crippen molar-refractivity contribution < 1.29 is 13.6 Å². The number of carbonyl (C=O) groups excluding carboxylic acids is 1. The largest absolute Gasteiger partial charge is 0.296 e. The lowest BCUT2D eigenvalue weighted by atomic mass is 9.91. The van der Waals surface area contributed by atoms with Gasteiger partial charge < -0.3 is 0 Å². The molecular formula is C13H15F2NO. The maximum Gasteiger partial charge on any atom is 0.176 e. The predicted molar refractivity (Wildman–Crippen MR) is 61.0 cm³/mol. The Hall–Kier alpha value is -1.29. The average Bonchev–Trinajstić information content (AvgIpc) is 2.19. The van der Waals surface area contributed by atoms with Gasteiger partial charge in [0.15, 0.2) is 17.4 Å². The molecule has 1 aliphatic carbocycles. The number of nitrogens with zero attached hydrogens (tertiary/aromatic N) is 1. The zero-order chi connectivity index (χ0) is 12.4. The van der Waals surface area contributed by atoms with Crippen molar-refractivity contribution >= 4 is 5.78 Å². The average molecular weight is 239 g/mol. The van der Waals surface area contributed by atoms with Crippen LogP contribution in [0.25, 0.3) is 0 Å². The molecule has 2 rings (SSSR count). The summed E-state index contributed by atoms with van der Waals surface area (Å²) in [6.07, 6.45) is 3.43. The number of Topliss-reactive ketones (excluding diaryl/α,β-unsaturated/α-hetero) is 1. The molecule has 0 aromatic heterocycles. The molecule has 0 amide bonds. The number of rotatable bonds is 4. The molecule has 2 nitrogen and oxygen atoms in total. The minimum absolute atomic E-state index is 0.168. The van der Waals surface area contributed by atoms with E-state index in [1.54, 1.807) is 0 Å². The first-order chi connectivity index (χ1) is 8.08. The summed E-state index contributed by atoms with van der Waals surface area (Å²) >= 11 is 0. The molecule has 4 heteroatoms. The van der Waals surface area contributed by atoms with Gasteiger partial charge in [-0.15, -0.1) is 0 Å². The van der Waals surface area contributed by atoms with Gasteiger partial charge in [0.05, 0.1) is 6.54 Å². The number of hydrogen-bond donors (Lipinski definition) is 0. The van der Waals surface area contributed by atoms with Gasteiger partial charge in [-0.25, -0.2) is 8.78 Å². The fraction of sp³-hybridized carbons (Fsp3) is 0.462. The maximum atomic E-state index is 13.0. The third-order valence-corrected chi connectivity index (χ3v) is 3.33. The molecule has 0 N–H and O–H groups in total. The Balaban J connectivity index is 2.01. The van der Waals surface area contributed by atoms with E-state index in [0.29, 0.717) is 6.04 Å². The summed E-state index contributed by atoms with van der Waals surface area (Å²) in [4.78, 5) is 13.8. The lowest BCUT2D eigenvalue weighted by molar-refractivity contribution is 0.0870.